The van der Waals surface area contributed by atoms with Crippen LogP contribution in [0.15, 0.2) is 36.5 Å². The Morgan fingerprint density at radius 2 is 1.76 bits per heavy atom. The third-order valence-electron chi connectivity index (χ3n) is 3.45. The number of urea groups is 1. The molecule has 1 saturated carbocycles. The summed E-state index contributed by atoms with van der Waals surface area (Å²) in [5.41, 5.74) is -0.427. The molecule has 21 heavy (non-hydrogen) atoms. The van der Waals surface area contributed by atoms with E-state index < -0.39 is 17.8 Å². The summed E-state index contributed by atoms with van der Waals surface area (Å²) in [5.74, 6) is 0.511. The number of halogens is 3. The Hall–Kier alpha value is -1.98. The Labute approximate surface area is 121 Å². The van der Waals surface area contributed by atoms with Gasteiger partial charge in [-0.25, -0.2) is 4.79 Å². The van der Waals surface area contributed by atoms with Crippen LogP contribution in [-0.4, -0.2) is 6.03 Å². The summed E-state index contributed by atoms with van der Waals surface area (Å²) in [6.07, 6.45) is 3.89. The van der Waals surface area contributed by atoms with E-state index in [-0.39, 0.29) is 0 Å². The van der Waals surface area contributed by atoms with E-state index >= 15 is 0 Å². The maximum atomic E-state index is 12.4. The van der Waals surface area contributed by atoms with Gasteiger partial charge in [-0.1, -0.05) is 18.9 Å². The summed E-state index contributed by atoms with van der Waals surface area (Å²) < 4.78 is 37.2. The zero-order valence-corrected chi connectivity index (χ0v) is 11.4. The van der Waals surface area contributed by atoms with Crippen molar-refractivity contribution in [2.45, 2.75) is 31.9 Å². The molecule has 0 aromatic heterocycles. The molecule has 1 aromatic rings. The van der Waals surface area contributed by atoms with Crippen LogP contribution in [0, 0.1) is 5.92 Å². The maximum absolute atomic E-state index is 12.4. The molecule has 2 N–H and O–H groups in total. The number of hydrogen-bond acceptors (Lipinski definition) is 1. The fourth-order valence-corrected chi connectivity index (χ4v) is 2.32. The van der Waals surface area contributed by atoms with Gasteiger partial charge >= 0.3 is 12.2 Å². The van der Waals surface area contributed by atoms with E-state index in [4.69, 9.17) is 0 Å². The van der Waals surface area contributed by atoms with Crippen molar-refractivity contribution >= 4 is 11.7 Å². The maximum Gasteiger partial charge on any atom is 0.416 e. The van der Waals surface area contributed by atoms with Crippen molar-refractivity contribution in [1.29, 1.82) is 0 Å². The molecular formula is C15H17F3N2O. The molecule has 6 heteroatoms. The molecule has 0 spiro atoms. The van der Waals surface area contributed by atoms with E-state index in [9.17, 15) is 18.0 Å². The quantitative estimate of drug-likeness (QED) is 0.845. The van der Waals surface area contributed by atoms with E-state index in [1.54, 1.807) is 6.20 Å². The third kappa shape index (κ3) is 4.81. The molecule has 2 amide bonds. The van der Waals surface area contributed by atoms with Crippen LogP contribution in [0.4, 0.5) is 23.7 Å². The van der Waals surface area contributed by atoms with Crippen LogP contribution in [-0.2, 0) is 6.18 Å². The molecule has 3 nitrogen and oxygen atoms in total. The Morgan fingerprint density at radius 3 is 2.33 bits per heavy atom. The summed E-state index contributed by atoms with van der Waals surface area (Å²) in [5, 5.41) is 5.03. The number of anilines is 1. The average Bonchev–Trinajstić information content (AvgIpc) is 2.91. The zero-order chi connectivity index (χ0) is 15.3. The van der Waals surface area contributed by atoms with E-state index in [0.717, 1.165) is 25.0 Å². The predicted octanol–water partition coefficient (Wildman–Crippen LogP) is 4.53. The average molecular weight is 298 g/mol. The van der Waals surface area contributed by atoms with Crippen molar-refractivity contribution in [2.24, 2.45) is 5.92 Å². The van der Waals surface area contributed by atoms with Crippen LogP contribution in [0.5, 0.6) is 0 Å². The lowest BCUT2D eigenvalue weighted by Gasteiger charge is -2.08. The molecule has 0 saturated heterocycles. The first-order valence-electron chi connectivity index (χ1n) is 6.86. The largest absolute Gasteiger partial charge is 0.416 e. The van der Waals surface area contributed by atoms with E-state index in [1.807, 2.05) is 6.08 Å². The Kier molecular flexibility index (Phi) is 4.88. The number of hydrogen-bond donors (Lipinski definition) is 2. The van der Waals surface area contributed by atoms with Gasteiger partial charge < -0.3 is 10.6 Å². The van der Waals surface area contributed by atoms with Crippen LogP contribution in [0.3, 0.4) is 0 Å². The van der Waals surface area contributed by atoms with Crippen molar-refractivity contribution in [3.8, 4) is 0 Å². The van der Waals surface area contributed by atoms with Gasteiger partial charge in [0.25, 0.3) is 0 Å². The molecule has 114 valence electrons. The number of carbonyl (C=O) groups excluding carboxylic acids is 1. The molecule has 2 rings (SSSR count). The van der Waals surface area contributed by atoms with Crippen LogP contribution >= 0.6 is 0 Å². The number of benzene rings is 1. The van der Waals surface area contributed by atoms with Gasteiger partial charge in [-0.15, -0.1) is 0 Å². The van der Waals surface area contributed by atoms with Gasteiger partial charge in [0.1, 0.15) is 0 Å². The first kappa shape index (κ1) is 15.4. The highest BCUT2D eigenvalue weighted by Gasteiger charge is 2.29. The SMILES string of the molecule is O=C(N/C=C/C1CCCC1)Nc1ccc(C(F)(F)F)cc1. The lowest BCUT2D eigenvalue weighted by molar-refractivity contribution is -0.137. The number of allylic oxidation sites excluding steroid dienone is 1. The van der Waals surface area contributed by atoms with Crippen molar-refractivity contribution in [3.63, 3.8) is 0 Å². The molecule has 0 aliphatic heterocycles. The molecular weight excluding hydrogens is 281 g/mol. The van der Waals surface area contributed by atoms with Crippen molar-refractivity contribution in [3.05, 3.63) is 42.1 Å². The second kappa shape index (κ2) is 6.65. The minimum absolute atomic E-state index is 0.315. The minimum Gasteiger partial charge on any atom is -0.315 e. The molecule has 1 aliphatic rings. The van der Waals surface area contributed by atoms with Crippen molar-refractivity contribution < 1.29 is 18.0 Å². The lowest BCUT2D eigenvalue weighted by atomic mass is 10.1. The molecule has 0 radical (unpaired) electrons. The summed E-state index contributed by atoms with van der Waals surface area (Å²) in [7, 11) is 0. The highest BCUT2D eigenvalue weighted by atomic mass is 19.4. The Balaban J connectivity index is 1.82. The summed E-state index contributed by atoms with van der Waals surface area (Å²) in [4.78, 5) is 11.6. The van der Waals surface area contributed by atoms with Crippen LogP contribution in [0.1, 0.15) is 31.2 Å². The lowest BCUT2D eigenvalue weighted by Crippen LogP contribution is -2.24. The smallest absolute Gasteiger partial charge is 0.315 e. The Bertz CT molecular complexity index is 503. The minimum atomic E-state index is -4.37. The number of alkyl halides is 3. The fourth-order valence-electron chi connectivity index (χ4n) is 2.32. The normalized spacial score (nSPS) is 16.3. The number of rotatable bonds is 3. The standard InChI is InChI=1S/C15H17F3N2O/c16-15(17,18)12-5-7-13(8-6-12)20-14(21)19-10-9-11-3-1-2-4-11/h5-11H,1-4H2,(H2,19,20,21)/b10-9+. The second-order valence-corrected chi connectivity index (χ2v) is 5.08. The number of nitrogens with one attached hydrogen (secondary N) is 2. The van der Waals surface area contributed by atoms with E-state index in [2.05, 4.69) is 10.6 Å². The van der Waals surface area contributed by atoms with Crippen LogP contribution in [0.25, 0.3) is 0 Å². The number of carbonyl (C=O) groups is 1. The monoisotopic (exact) mass is 298 g/mol. The molecule has 0 unspecified atom stereocenters. The van der Waals surface area contributed by atoms with Crippen LogP contribution < -0.4 is 10.6 Å². The van der Waals surface area contributed by atoms with Gasteiger partial charge in [0.2, 0.25) is 0 Å². The molecule has 0 atom stereocenters. The zero-order valence-electron chi connectivity index (χ0n) is 11.4. The summed E-state index contributed by atoms with van der Waals surface area (Å²) >= 11 is 0. The van der Waals surface area contributed by atoms with Gasteiger partial charge in [-0.3, -0.25) is 0 Å². The predicted molar refractivity (Wildman–Crippen MR) is 74.7 cm³/mol. The van der Waals surface area contributed by atoms with Crippen molar-refractivity contribution in [2.75, 3.05) is 5.32 Å². The topological polar surface area (TPSA) is 41.1 Å². The van der Waals surface area contributed by atoms with Crippen molar-refractivity contribution in [1.82, 2.24) is 5.32 Å². The fraction of sp³-hybridized carbons (Fsp3) is 0.400. The summed E-state index contributed by atoms with van der Waals surface area (Å²) in [6, 6.07) is 3.85. The first-order valence-corrected chi connectivity index (χ1v) is 6.86. The molecule has 1 aliphatic carbocycles. The molecule has 1 aromatic carbocycles. The van der Waals surface area contributed by atoms with Gasteiger partial charge in [-0.05, 0) is 43.0 Å². The molecule has 0 heterocycles. The first-order chi connectivity index (χ1) is 9.95. The van der Waals surface area contributed by atoms with Crippen LogP contribution in [0.2, 0.25) is 0 Å². The highest BCUT2D eigenvalue weighted by Crippen LogP contribution is 2.29. The molecule has 1 fully saturated rings. The Morgan fingerprint density at radius 1 is 1.14 bits per heavy atom. The van der Waals surface area contributed by atoms with Gasteiger partial charge in [-0.2, -0.15) is 13.2 Å². The third-order valence-corrected chi connectivity index (χ3v) is 3.45. The van der Waals surface area contributed by atoms with E-state index in [1.165, 1.54) is 25.0 Å². The van der Waals surface area contributed by atoms with E-state index in [0.29, 0.717) is 11.6 Å². The van der Waals surface area contributed by atoms with Gasteiger partial charge in [0.05, 0.1) is 5.56 Å². The molecule has 0 bridgehead atoms. The highest BCUT2D eigenvalue weighted by molar-refractivity contribution is 5.89. The second-order valence-electron chi connectivity index (χ2n) is 5.08. The number of amides is 2. The van der Waals surface area contributed by atoms with Gasteiger partial charge in [0.15, 0.2) is 0 Å². The summed E-state index contributed by atoms with van der Waals surface area (Å²) in [6.45, 7) is 0. The van der Waals surface area contributed by atoms with Gasteiger partial charge in [0, 0.05) is 11.9 Å².